The van der Waals surface area contributed by atoms with Crippen molar-refractivity contribution < 1.29 is 19.7 Å². The third kappa shape index (κ3) is 1.04. The molecule has 0 bridgehead atoms. The van der Waals surface area contributed by atoms with Crippen LogP contribution in [0.4, 0.5) is 0 Å². The Bertz CT molecular complexity index is 251. The summed E-state index contributed by atoms with van der Waals surface area (Å²) >= 11 is 0. The number of carbonyl (C=O) groups is 1. The van der Waals surface area contributed by atoms with Crippen molar-refractivity contribution >= 4 is 5.97 Å². The first-order chi connectivity index (χ1) is 6.54. The summed E-state index contributed by atoms with van der Waals surface area (Å²) in [5.41, 5.74) is -1.89. The summed E-state index contributed by atoms with van der Waals surface area (Å²) in [5, 5.41) is 19.3. The van der Waals surface area contributed by atoms with Crippen molar-refractivity contribution in [3.63, 3.8) is 0 Å². The largest absolute Gasteiger partial charge is 0.481 e. The Kier molecular flexibility index (Phi) is 2.08. The Labute approximate surface area is 82.9 Å². The van der Waals surface area contributed by atoms with Crippen LogP contribution in [0.2, 0.25) is 0 Å². The van der Waals surface area contributed by atoms with Gasteiger partial charge in [-0.05, 0) is 32.1 Å². The molecule has 2 aliphatic carbocycles. The summed E-state index contributed by atoms with van der Waals surface area (Å²) in [5.74, 6) is -0.868. The standard InChI is InChI=1S/C10H16O4/c1-14-7-5-9(6-7,8(11)12)10(13)3-2-4-10/h7,13H,2-6H2,1H3,(H,11,12). The highest BCUT2D eigenvalue weighted by molar-refractivity contribution is 5.78. The molecule has 0 spiro atoms. The van der Waals surface area contributed by atoms with E-state index in [-0.39, 0.29) is 6.10 Å². The van der Waals surface area contributed by atoms with Gasteiger partial charge in [0.05, 0.1) is 11.7 Å². The molecule has 0 aromatic carbocycles. The predicted molar refractivity (Wildman–Crippen MR) is 48.9 cm³/mol. The molecule has 0 aromatic rings. The second-order valence-corrected chi connectivity index (χ2v) is 4.54. The maximum Gasteiger partial charge on any atom is 0.312 e. The lowest BCUT2D eigenvalue weighted by atomic mass is 9.51. The Morgan fingerprint density at radius 2 is 2.00 bits per heavy atom. The number of ether oxygens (including phenoxy) is 1. The Morgan fingerprint density at radius 1 is 1.43 bits per heavy atom. The molecule has 0 heterocycles. The van der Waals surface area contributed by atoms with Gasteiger partial charge < -0.3 is 14.9 Å². The average Bonchev–Trinajstić information content (AvgIpc) is 1.99. The van der Waals surface area contributed by atoms with Crippen LogP contribution in [0.25, 0.3) is 0 Å². The summed E-state index contributed by atoms with van der Waals surface area (Å²) in [6, 6.07) is 0. The summed E-state index contributed by atoms with van der Waals surface area (Å²) in [4.78, 5) is 11.2. The van der Waals surface area contributed by atoms with Crippen molar-refractivity contribution in [3.8, 4) is 0 Å². The third-order valence-electron chi connectivity index (χ3n) is 3.97. The van der Waals surface area contributed by atoms with Crippen LogP contribution in [0, 0.1) is 5.41 Å². The normalized spacial score (nSPS) is 39.7. The van der Waals surface area contributed by atoms with E-state index in [9.17, 15) is 15.0 Å². The number of aliphatic carboxylic acids is 1. The van der Waals surface area contributed by atoms with Gasteiger partial charge >= 0.3 is 5.97 Å². The zero-order valence-corrected chi connectivity index (χ0v) is 8.32. The van der Waals surface area contributed by atoms with Crippen molar-refractivity contribution in [1.29, 1.82) is 0 Å². The molecule has 0 saturated heterocycles. The van der Waals surface area contributed by atoms with Gasteiger partial charge in [-0.2, -0.15) is 0 Å². The van der Waals surface area contributed by atoms with E-state index in [0.29, 0.717) is 25.7 Å². The van der Waals surface area contributed by atoms with E-state index in [4.69, 9.17) is 4.74 Å². The fourth-order valence-corrected chi connectivity index (χ4v) is 2.63. The highest BCUT2D eigenvalue weighted by Crippen LogP contribution is 2.57. The molecule has 80 valence electrons. The van der Waals surface area contributed by atoms with E-state index in [1.54, 1.807) is 7.11 Å². The number of carboxylic acids is 1. The van der Waals surface area contributed by atoms with Crippen LogP contribution >= 0.6 is 0 Å². The molecule has 0 radical (unpaired) electrons. The topological polar surface area (TPSA) is 66.8 Å². The number of hydrogen-bond donors (Lipinski definition) is 2. The number of hydrogen-bond acceptors (Lipinski definition) is 3. The summed E-state index contributed by atoms with van der Waals surface area (Å²) in [7, 11) is 1.58. The van der Waals surface area contributed by atoms with Gasteiger partial charge in [-0.25, -0.2) is 0 Å². The monoisotopic (exact) mass is 200 g/mol. The van der Waals surface area contributed by atoms with E-state index in [0.717, 1.165) is 6.42 Å². The minimum atomic E-state index is -0.964. The van der Waals surface area contributed by atoms with Crippen LogP contribution in [-0.4, -0.2) is 35.0 Å². The van der Waals surface area contributed by atoms with Crippen molar-refractivity contribution in [1.82, 2.24) is 0 Å². The molecular weight excluding hydrogens is 184 g/mol. The van der Waals surface area contributed by atoms with Gasteiger partial charge in [-0.3, -0.25) is 4.79 Å². The first-order valence-corrected chi connectivity index (χ1v) is 5.03. The molecule has 0 aliphatic heterocycles. The zero-order chi connectivity index (χ0) is 10.4. The van der Waals surface area contributed by atoms with Crippen molar-refractivity contribution in [2.45, 2.75) is 43.8 Å². The maximum absolute atomic E-state index is 11.2. The first-order valence-electron chi connectivity index (χ1n) is 5.03. The molecule has 2 aliphatic rings. The number of rotatable bonds is 3. The lowest BCUT2D eigenvalue weighted by Crippen LogP contribution is -2.64. The van der Waals surface area contributed by atoms with Gasteiger partial charge in [0.25, 0.3) is 0 Å². The highest BCUT2D eigenvalue weighted by atomic mass is 16.5. The van der Waals surface area contributed by atoms with Crippen LogP contribution in [-0.2, 0) is 9.53 Å². The Morgan fingerprint density at radius 3 is 2.29 bits per heavy atom. The molecule has 0 aromatic heterocycles. The van der Waals surface area contributed by atoms with Gasteiger partial charge in [0.15, 0.2) is 0 Å². The summed E-state index contributed by atoms with van der Waals surface area (Å²) in [6.45, 7) is 0. The predicted octanol–water partition coefficient (Wildman–Crippen LogP) is 0.781. The molecule has 2 fully saturated rings. The first kappa shape index (κ1) is 9.93. The second kappa shape index (κ2) is 2.94. The molecule has 2 saturated carbocycles. The molecular formula is C10H16O4. The van der Waals surface area contributed by atoms with Crippen LogP contribution in [0.5, 0.6) is 0 Å². The van der Waals surface area contributed by atoms with E-state index in [2.05, 4.69) is 0 Å². The fraction of sp³-hybridized carbons (Fsp3) is 0.900. The van der Waals surface area contributed by atoms with Gasteiger partial charge in [0.1, 0.15) is 5.41 Å². The van der Waals surface area contributed by atoms with E-state index >= 15 is 0 Å². The number of methoxy groups -OCH3 is 1. The molecule has 4 heteroatoms. The highest BCUT2D eigenvalue weighted by Gasteiger charge is 2.65. The molecule has 2 N–H and O–H groups in total. The summed E-state index contributed by atoms with van der Waals surface area (Å²) in [6.07, 6.45) is 3.09. The van der Waals surface area contributed by atoms with E-state index in [1.165, 1.54) is 0 Å². The molecule has 14 heavy (non-hydrogen) atoms. The fourth-order valence-electron chi connectivity index (χ4n) is 2.63. The minimum Gasteiger partial charge on any atom is -0.481 e. The van der Waals surface area contributed by atoms with Crippen molar-refractivity contribution in [2.24, 2.45) is 5.41 Å². The lowest BCUT2D eigenvalue weighted by Gasteiger charge is -2.57. The zero-order valence-electron chi connectivity index (χ0n) is 8.32. The minimum absolute atomic E-state index is 0.00993. The maximum atomic E-state index is 11.2. The quantitative estimate of drug-likeness (QED) is 0.706. The molecule has 0 atom stereocenters. The van der Waals surface area contributed by atoms with Crippen molar-refractivity contribution in [2.75, 3.05) is 7.11 Å². The molecule has 4 nitrogen and oxygen atoms in total. The molecule has 2 rings (SSSR count). The van der Waals surface area contributed by atoms with Gasteiger partial charge in [0.2, 0.25) is 0 Å². The number of aliphatic hydroxyl groups is 1. The van der Waals surface area contributed by atoms with E-state index in [1.807, 2.05) is 0 Å². The van der Waals surface area contributed by atoms with E-state index < -0.39 is 17.0 Å². The van der Waals surface area contributed by atoms with Crippen molar-refractivity contribution in [3.05, 3.63) is 0 Å². The second-order valence-electron chi connectivity index (χ2n) is 4.54. The smallest absolute Gasteiger partial charge is 0.312 e. The van der Waals surface area contributed by atoms with Gasteiger partial charge in [-0.1, -0.05) is 0 Å². The number of carboxylic acid groups (broad SMARTS) is 1. The van der Waals surface area contributed by atoms with Gasteiger partial charge in [0, 0.05) is 7.11 Å². The molecule has 0 unspecified atom stereocenters. The van der Waals surface area contributed by atoms with Crippen LogP contribution in [0.15, 0.2) is 0 Å². The summed E-state index contributed by atoms with van der Waals surface area (Å²) < 4.78 is 5.08. The van der Waals surface area contributed by atoms with Gasteiger partial charge in [-0.15, -0.1) is 0 Å². The average molecular weight is 200 g/mol. The van der Waals surface area contributed by atoms with Crippen LogP contribution in [0.1, 0.15) is 32.1 Å². The SMILES string of the molecule is COC1CC(C(=O)O)(C2(O)CCC2)C1. The van der Waals surface area contributed by atoms with Crippen LogP contribution < -0.4 is 0 Å². The Balaban J connectivity index is 2.14. The lowest BCUT2D eigenvalue weighted by molar-refractivity contribution is -0.225. The molecule has 0 amide bonds. The van der Waals surface area contributed by atoms with Crippen LogP contribution in [0.3, 0.4) is 0 Å². The third-order valence-corrected chi connectivity index (χ3v) is 3.97. The Hall–Kier alpha value is -0.610.